The number of carbonyl (C=O) groups is 2. The fourth-order valence-electron chi connectivity index (χ4n) is 2.14. The van der Waals surface area contributed by atoms with Crippen molar-refractivity contribution in [3.63, 3.8) is 0 Å². The van der Waals surface area contributed by atoms with Gasteiger partial charge in [-0.1, -0.05) is 39.0 Å². The van der Waals surface area contributed by atoms with E-state index in [-0.39, 0.29) is 11.9 Å². The third kappa shape index (κ3) is 7.48. The molecule has 0 saturated carbocycles. The van der Waals surface area contributed by atoms with Gasteiger partial charge in [0, 0.05) is 19.4 Å². The van der Waals surface area contributed by atoms with Gasteiger partial charge in [-0.3, -0.25) is 4.79 Å². The lowest BCUT2D eigenvalue weighted by Crippen LogP contribution is -2.38. The van der Waals surface area contributed by atoms with E-state index in [0.29, 0.717) is 32.7 Å². The Kier molecular flexibility index (Phi) is 9.04. The number of cyclic esters (lactones) is 1. The summed E-state index contributed by atoms with van der Waals surface area (Å²) >= 11 is 0. The van der Waals surface area contributed by atoms with Crippen molar-refractivity contribution in [2.45, 2.75) is 64.3 Å². The molecule has 1 aliphatic heterocycles. The Morgan fingerprint density at radius 1 is 1.25 bits per heavy atom. The van der Waals surface area contributed by atoms with Crippen LogP contribution in [0.5, 0.6) is 0 Å². The van der Waals surface area contributed by atoms with E-state index >= 15 is 0 Å². The van der Waals surface area contributed by atoms with Gasteiger partial charge in [0.05, 0.1) is 13.2 Å². The number of amides is 1. The van der Waals surface area contributed by atoms with Crippen LogP contribution in [0.3, 0.4) is 0 Å². The lowest BCUT2D eigenvalue weighted by molar-refractivity contribution is -0.141. The highest BCUT2D eigenvalue weighted by Gasteiger charge is 2.27. The van der Waals surface area contributed by atoms with Crippen LogP contribution in [0.25, 0.3) is 0 Å². The fraction of sp³-hybridized carbons (Fsp3) is 0.867. The third-order valence-electron chi connectivity index (χ3n) is 3.39. The topological polar surface area (TPSA) is 64.6 Å². The van der Waals surface area contributed by atoms with Crippen LogP contribution in [0.4, 0.5) is 0 Å². The highest BCUT2D eigenvalue weighted by atomic mass is 16.5. The summed E-state index contributed by atoms with van der Waals surface area (Å²) in [6, 6.07) is -0.457. The van der Waals surface area contributed by atoms with E-state index in [1.165, 1.54) is 32.1 Å². The minimum atomic E-state index is -0.457. The summed E-state index contributed by atoms with van der Waals surface area (Å²) in [6.45, 7) is 3.74. The first-order valence-electron chi connectivity index (χ1n) is 7.77. The lowest BCUT2D eigenvalue weighted by atomic mass is 10.1. The number of unbranched alkanes of at least 4 members (excludes halogenated alkanes) is 5. The largest absolute Gasteiger partial charge is 0.464 e. The number of nitrogens with one attached hydrogen (secondary N) is 1. The Morgan fingerprint density at radius 3 is 2.70 bits per heavy atom. The molecule has 0 radical (unpaired) electrons. The number of ether oxygens (including phenoxy) is 2. The number of esters is 1. The lowest BCUT2D eigenvalue weighted by Gasteiger charge is -2.09. The van der Waals surface area contributed by atoms with E-state index in [2.05, 4.69) is 12.2 Å². The summed E-state index contributed by atoms with van der Waals surface area (Å²) in [5.41, 5.74) is 0. The van der Waals surface area contributed by atoms with Crippen molar-refractivity contribution in [1.29, 1.82) is 0 Å². The number of hydrogen-bond donors (Lipinski definition) is 1. The molecule has 0 spiro atoms. The second-order valence-corrected chi connectivity index (χ2v) is 5.21. The molecule has 0 bridgehead atoms. The summed E-state index contributed by atoms with van der Waals surface area (Å²) in [6.07, 6.45) is 8.27. The molecule has 0 aromatic carbocycles. The van der Waals surface area contributed by atoms with Gasteiger partial charge in [-0.25, -0.2) is 4.79 Å². The predicted molar refractivity (Wildman–Crippen MR) is 76.3 cm³/mol. The molecule has 1 rings (SSSR count). The highest BCUT2D eigenvalue weighted by molar-refractivity contribution is 5.85. The van der Waals surface area contributed by atoms with Crippen LogP contribution in [0.2, 0.25) is 0 Å². The van der Waals surface area contributed by atoms with Crippen molar-refractivity contribution in [1.82, 2.24) is 5.32 Å². The van der Waals surface area contributed by atoms with Crippen LogP contribution in [0.1, 0.15) is 58.3 Å². The van der Waals surface area contributed by atoms with Crippen molar-refractivity contribution >= 4 is 11.9 Å². The Balaban J connectivity index is 1.88. The van der Waals surface area contributed by atoms with Gasteiger partial charge in [-0.05, 0) is 6.42 Å². The first kappa shape index (κ1) is 17.0. The molecule has 1 amide bonds. The molecule has 0 aliphatic carbocycles. The molecule has 20 heavy (non-hydrogen) atoms. The molecule has 116 valence electrons. The summed E-state index contributed by atoms with van der Waals surface area (Å²) in [5, 5.41) is 2.66. The van der Waals surface area contributed by atoms with Crippen molar-refractivity contribution in [2.24, 2.45) is 0 Å². The summed E-state index contributed by atoms with van der Waals surface area (Å²) < 4.78 is 10.2. The van der Waals surface area contributed by atoms with Gasteiger partial charge in [0.15, 0.2) is 0 Å². The van der Waals surface area contributed by atoms with E-state index < -0.39 is 6.04 Å². The molecule has 1 atom stereocenters. The zero-order chi connectivity index (χ0) is 14.6. The van der Waals surface area contributed by atoms with Crippen LogP contribution in [0.15, 0.2) is 0 Å². The van der Waals surface area contributed by atoms with E-state index in [1.54, 1.807) is 0 Å². The first-order valence-corrected chi connectivity index (χ1v) is 7.77. The highest BCUT2D eigenvalue weighted by Crippen LogP contribution is 2.06. The average Bonchev–Trinajstić information content (AvgIpc) is 2.82. The van der Waals surface area contributed by atoms with Crippen molar-refractivity contribution < 1.29 is 19.1 Å². The average molecular weight is 285 g/mol. The van der Waals surface area contributed by atoms with Gasteiger partial charge in [0.25, 0.3) is 0 Å². The van der Waals surface area contributed by atoms with Gasteiger partial charge in [-0.15, -0.1) is 0 Å². The molecule has 5 heteroatoms. The first-order chi connectivity index (χ1) is 9.74. The molecule has 1 N–H and O–H groups in total. The van der Waals surface area contributed by atoms with Gasteiger partial charge in [-0.2, -0.15) is 0 Å². The molecule has 1 fully saturated rings. The van der Waals surface area contributed by atoms with Gasteiger partial charge in [0.2, 0.25) is 5.91 Å². The number of hydrogen-bond acceptors (Lipinski definition) is 4. The molecule has 5 nitrogen and oxygen atoms in total. The Morgan fingerprint density at radius 2 is 2.00 bits per heavy atom. The maximum absolute atomic E-state index is 11.6. The Labute approximate surface area is 121 Å². The van der Waals surface area contributed by atoms with Crippen LogP contribution in [-0.4, -0.2) is 37.7 Å². The zero-order valence-corrected chi connectivity index (χ0v) is 12.5. The molecule has 1 aliphatic rings. The molecule has 1 saturated heterocycles. The number of rotatable bonds is 11. The minimum absolute atomic E-state index is 0.142. The quantitative estimate of drug-likeness (QED) is 0.467. The van der Waals surface area contributed by atoms with Crippen molar-refractivity contribution in [3.8, 4) is 0 Å². The van der Waals surface area contributed by atoms with Crippen LogP contribution >= 0.6 is 0 Å². The second kappa shape index (κ2) is 10.7. The molecule has 0 aromatic rings. The van der Waals surface area contributed by atoms with Crippen LogP contribution < -0.4 is 5.32 Å². The van der Waals surface area contributed by atoms with E-state index in [9.17, 15) is 9.59 Å². The zero-order valence-electron chi connectivity index (χ0n) is 12.5. The fourth-order valence-corrected chi connectivity index (χ4v) is 2.14. The molecule has 0 aromatic heterocycles. The number of carbonyl (C=O) groups excluding carboxylic acids is 2. The molecule has 1 heterocycles. The van der Waals surface area contributed by atoms with E-state index in [0.717, 1.165) is 6.42 Å². The molecule has 0 unspecified atom stereocenters. The van der Waals surface area contributed by atoms with Gasteiger partial charge in [0.1, 0.15) is 6.04 Å². The maximum atomic E-state index is 11.6. The summed E-state index contributed by atoms with van der Waals surface area (Å²) in [4.78, 5) is 22.7. The normalized spacial score (nSPS) is 18.1. The van der Waals surface area contributed by atoms with Crippen molar-refractivity contribution in [2.75, 3.05) is 19.8 Å². The maximum Gasteiger partial charge on any atom is 0.328 e. The van der Waals surface area contributed by atoms with E-state index in [1.807, 2.05) is 0 Å². The van der Waals surface area contributed by atoms with Gasteiger partial charge < -0.3 is 14.8 Å². The molecular formula is C15H27NO4. The van der Waals surface area contributed by atoms with Crippen molar-refractivity contribution in [3.05, 3.63) is 0 Å². The standard InChI is InChI=1S/C15H27NO4/c1-2-3-4-5-6-7-10-19-11-9-14(17)16-13-8-12-20-15(13)18/h13H,2-12H2,1H3,(H,16,17)/t13-/m0/s1. The Hall–Kier alpha value is -1.10. The van der Waals surface area contributed by atoms with Gasteiger partial charge >= 0.3 is 5.97 Å². The van der Waals surface area contributed by atoms with Crippen LogP contribution in [-0.2, 0) is 19.1 Å². The second-order valence-electron chi connectivity index (χ2n) is 5.21. The molecular weight excluding hydrogens is 258 g/mol. The summed E-state index contributed by atoms with van der Waals surface area (Å²) in [7, 11) is 0. The van der Waals surface area contributed by atoms with Crippen LogP contribution in [0, 0.1) is 0 Å². The van der Waals surface area contributed by atoms with E-state index in [4.69, 9.17) is 9.47 Å². The summed E-state index contributed by atoms with van der Waals surface area (Å²) in [5.74, 6) is -0.469. The Bertz CT molecular complexity index is 294. The third-order valence-corrected chi connectivity index (χ3v) is 3.39. The minimum Gasteiger partial charge on any atom is -0.464 e. The predicted octanol–water partition coefficient (Wildman–Crippen LogP) is 2.19. The SMILES string of the molecule is CCCCCCCCOCCC(=O)N[C@H]1CCOC1=O. The smallest absolute Gasteiger partial charge is 0.328 e. The monoisotopic (exact) mass is 285 g/mol.